The maximum atomic E-state index is 12.9. The summed E-state index contributed by atoms with van der Waals surface area (Å²) in [6.07, 6.45) is 3.30. The van der Waals surface area contributed by atoms with Crippen molar-refractivity contribution in [1.29, 1.82) is 0 Å². The number of benzene rings is 1. The van der Waals surface area contributed by atoms with E-state index >= 15 is 0 Å². The van der Waals surface area contributed by atoms with E-state index in [-0.39, 0.29) is 5.38 Å². The van der Waals surface area contributed by atoms with Crippen LogP contribution in [0.1, 0.15) is 30.2 Å². The Morgan fingerprint density at radius 2 is 2.00 bits per heavy atom. The fraction of sp³-hybridized carbons (Fsp3) is 0.455. The molecule has 1 atom stereocenters. The Kier molecular flexibility index (Phi) is 2.73. The Bertz CT molecular complexity index is 334. The summed E-state index contributed by atoms with van der Waals surface area (Å²) in [5.74, 6) is -0.946. The van der Waals surface area contributed by atoms with Gasteiger partial charge in [0, 0.05) is 0 Å². The second-order valence-corrected chi connectivity index (χ2v) is 4.35. The predicted molar refractivity (Wildman–Crippen MR) is 52.3 cm³/mol. The minimum absolute atomic E-state index is 0.183. The van der Waals surface area contributed by atoms with E-state index in [1.165, 1.54) is 18.9 Å². The molecule has 1 aliphatic carbocycles. The molecule has 0 N–H and O–H groups in total. The van der Waals surface area contributed by atoms with Gasteiger partial charge in [0.1, 0.15) is 0 Å². The molecule has 1 saturated carbocycles. The molecule has 76 valence electrons. The van der Waals surface area contributed by atoms with Gasteiger partial charge in [-0.2, -0.15) is 0 Å². The summed E-state index contributed by atoms with van der Waals surface area (Å²) >= 11 is 6.08. The third-order valence-electron chi connectivity index (χ3n) is 2.54. The molecule has 3 heteroatoms. The average Bonchev–Trinajstić information content (AvgIpc) is 2.93. The molecule has 0 nitrogen and oxygen atoms in total. The van der Waals surface area contributed by atoms with Gasteiger partial charge >= 0.3 is 0 Å². The van der Waals surface area contributed by atoms with E-state index in [1.54, 1.807) is 6.07 Å². The van der Waals surface area contributed by atoms with E-state index in [0.29, 0.717) is 11.5 Å². The quantitative estimate of drug-likeness (QED) is 0.669. The molecule has 1 fully saturated rings. The minimum atomic E-state index is -0.816. The van der Waals surface area contributed by atoms with Crippen molar-refractivity contribution in [3.8, 4) is 0 Å². The van der Waals surface area contributed by atoms with Crippen molar-refractivity contribution < 1.29 is 8.78 Å². The van der Waals surface area contributed by atoms with Gasteiger partial charge < -0.3 is 0 Å². The Labute approximate surface area is 86.9 Å². The van der Waals surface area contributed by atoms with Gasteiger partial charge in [0.2, 0.25) is 0 Å². The zero-order valence-corrected chi connectivity index (χ0v) is 8.40. The molecule has 0 heterocycles. The second-order valence-electron chi connectivity index (χ2n) is 3.82. The first-order valence-electron chi connectivity index (χ1n) is 4.76. The molecule has 0 saturated heterocycles. The molecule has 0 amide bonds. The Balaban J connectivity index is 2.10. The zero-order chi connectivity index (χ0) is 10.1. The first kappa shape index (κ1) is 9.91. The van der Waals surface area contributed by atoms with Crippen molar-refractivity contribution >= 4 is 11.6 Å². The molecule has 1 aromatic carbocycles. The molecule has 1 aromatic rings. The van der Waals surface area contributed by atoms with Crippen LogP contribution in [0.4, 0.5) is 8.78 Å². The summed E-state index contributed by atoms with van der Waals surface area (Å²) in [4.78, 5) is 0. The fourth-order valence-electron chi connectivity index (χ4n) is 1.49. The molecular formula is C11H11ClF2. The fourth-order valence-corrected chi connectivity index (χ4v) is 1.88. The highest BCUT2D eigenvalue weighted by molar-refractivity contribution is 6.20. The van der Waals surface area contributed by atoms with E-state index in [0.717, 1.165) is 12.5 Å². The van der Waals surface area contributed by atoms with Gasteiger partial charge in [0.15, 0.2) is 11.6 Å². The lowest BCUT2D eigenvalue weighted by Gasteiger charge is -2.08. The summed E-state index contributed by atoms with van der Waals surface area (Å²) in [5, 5.41) is -0.183. The van der Waals surface area contributed by atoms with Crippen LogP contribution in [0.25, 0.3) is 0 Å². The minimum Gasteiger partial charge on any atom is -0.204 e. The number of hydrogen-bond donors (Lipinski definition) is 0. The third kappa shape index (κ3) is 2.24. The molecule has 0 aromatic heterocycles. The van der Waals surface area contributed by atoms with E-state index in [4.69, 9.17) is 11.6 Å². The van der Waals surface area contributed by atoms with E-state index in [2.05, 4.69) is 0 Å². The summed E-state index contributed by atoms with van der Waals surface area (Å²) < 4.78 is 25.5. The standard InChI is InChI=1S/C11H11ClF2/c12-9(5-7-1-2-7)8-3-4-10(13)11(14)6-8/h3-4,6-7,9H,1-2,5H2. The molecular weight excluding hydrogens is 206 g/mol. The maximum absolute atomic E-state index is 12.9. The van der Waals surface area contributed by atoms with Gasteiger partial charge in [0.05, 0.1) is 5.38 Å². The summed E-state index contributed by atoms with van der Waals surface area (Å²) in [5.41, 5.74) is 0.678. The molecule has 0 radical (unpaired) electrons. The lowest BCUT2D eigenvalue weighted by atomic mass is 10.1. The highest BCUT2D eigenvalue weighted by Crippen LogP contribution is 2.40. The van der Waals surface area contributed by atoms with Gasteiger partial charge in [-0.25, -0.2) is 8.78 Å². The summed E-state index contributed by atoms with van der Waals surface area (Å²) in [6, 6.07) is 3.88. The zero-order valence-electron chi connectivity index (χ0n) is 7.64. The maximum Gasteiger partial charge on any atom is 0.159 e. The van der Waals surface area contributed by atoms with Crippen LogP contribution >= 0.6 is 11.6 Å². The lowest BCUT2D eigenvalue weighted by Crippen LogP contribution is -1.94. The van der Waals surface area contributed by atoms with Gasteiger partial charge in [-0.15, -0.1) is 11.6 Å². The molecule has 0 aliphatic heterocycles. The molecule has 1 aliphatic rings. The molecule has 2 rings (SSSR count). The van der Waals surface area contributed by atoms with Crippen molar-refractivity contribution in [2.75, 3.05) is 0 Å². The smallest absolute Gasteiger partial charge is 0.159 e. The van der Waals surface area contributed by atoms with Gasteiger partial charge in [-0.05, 0) is 30.0 Å². The Morgan fingerprint density at radius 1 is 1.29 bits per heavy atom. The Morgan fingerprint density at radius 3 is 2.57 bits per heavy atom. The monoisotopic (exact) mass is 216 g/mol. The average molecular weight is 217 g/mol. The van der Waals surface area contributed by atoms with Crippen molar-refractivity contribution in [2.24, 2.45) is 5.92 Å². The van der Waals surface area contributed by atoms with E-state index in [1.807, 2.05) is 0 Å². The number of alkyl halides is 1. The van der Waals surface area contributed by atoms with Crippen LogP contribution < -0.4 is 0 Å². The first-order valence-corrected chi connectivity index (χ1v) is 5.19. The van der Waals surface area contributed by atoms with Gasteiger partial charge in [-0.3, -0.25) is 0 Å². The van der Waals surface area contributed by atoms with Crippen molar-refractivity contribution in [1.82, 2.24) is 0 Å². The number of rotatable bonds is 3. The SMILES string of the molecule is Fc1ccc(C(Cl)CC2CC2)cc1F. The molecule has 0 bridgehead atoms. The van der Waals surface area contributed by atoms with Crippen LogP contribution in [0, 0.1) is 17.6 Å². The van der Waals surface area contributed by atoms with Crippen LogP contribution in [0.3, 0.4) is 0 Å². The van der Waals surface area contributed by atoms with Crippen LogP contribution in [0.5, 0.6) is 0 Å². The van der Waals surface area contributed by atoms with Crippen LogP contribution in [-0.2, 0) is 0 Å². The predicted octanol–water partition coefficient (Wildman–Crippen LogP) is 4.04. The van der Waals surface area contributed by atoms with Crippen molar-refractivity contribution in [2.45, 2.75) is 24.6 Å². The number of halogens is 3. The molecule has 1 unspecified atom stereocenters. The first-order chi connectivity index (χ1) is 6.66. The van der Waals surface area contributed by atoms with E-state index in [9.17, 15) is 8.78 Å². The van der Waals surface area contributed by atoms with E-state index < -0.39 is 11.6 Å². The van der Waals surface area contributed by atoms with Crippen molar-refractivity contribution in [3.05, 3.63) is 35.4 Å². The van der Waals surface area contributed by atoms with Crippen molar-refractivity contribution in [3.63, 3.8) is 0 Å². The third-order valence-corrected chi connectivity index (χ3v) is 2.97. The number of hydrogen-bond acceptors (Lipinski definition) is 0. The highest BCUT2D eigenvalue weighted by atomic mass is 35.5. The highest BCUT2D eigenvalue weighted by Gasteiger charge is 2.25. The Hall–Kier alpha value is -0.630. The summed E-state index contributed by atoms with van der Waals surface area (Å²) in [7, 11) is 0. The van der Waals surface area contributed by atoms with Gasteiger partial charge in [-0.1, -0.05) is 18.9 Å². The van der Waals surface area contributed by atoms with Crippen LogP contribution in [0.15, 0.2) is 18.2 Å². The largest absolute Gasteiger partial charge is 0.204 e. The second kappa shape index (κ2) is 3.85. The molecule has 14 heavy (non-hydrogen) atoms. The molecule has 0 spiro atoms. The normalized spacial score (nSPS) is 18.2. The van der Waals surface area contributed by atoms with Crippen LogP contribution in [0.2, 0.25) is 0 Å². The topological polar surface area (TPSA) is 0 Å². The summed E-state index contributed by atoms with van der Waals surface area (Å²) in [6.45, 7) is 0. The van der Waals surface area contributed by atoms with Crippen LogP contribution in [-0.4, -0.2) is 0 Å². The van der Waals surface area contributed by atoms with Gasteiger partial charge in [0.25, 0.3) is 0 Å². The lowest BCUT2D eigenvalue weighted by molar-refractivity contribution is 0.506.